The van der Waals surface area contributed by atoms with E-state index in [0.717, 1.165) is 6.42 Å². The number of unbranched alkanes of at least 4 members (excludes halogenated alkanes) is 1. The Kier molecular flexibility index (Phi) is 6.87. The van der Waals surface area contributed by atoms with Crippen molar-refractivity contribution in [1.29, 1.82) is 0 Å². The molecule has 2 rings (SSSR count). The highest BCUT2D eigenvalue weighted by atomic mass is 31.1. The van der Waals surface area contributed by atoms with Crippen molar-refractivity contribution in [3.05, 3.63) is 83.4 Å². The monoisotopic (exact) mass is 310 g/mol. The van der Waals surface area contributed by atoms with E-state index in [0.29, 0.717) is 0 Å². The molecule has 0 aliphatic heterocycles. The van der Waals surface area contributed by atoms with Gasteiger partial charge in [-0.25, -0.2) is 0 Å². The van der Waals surface area contributed by atoms with Gasteiger partial charge in [0.25, 0.3) is 0 Å². The Labute approximate surface area is 137 Å². The number of aryl methyl sites for hydroxylation is 2. The van der Waals surface area contributed by atoms with Crippen molar-refractivity contribution in [2.45, 2.75) is 39.0 Å². The largest absolute Gasteiger partial charge is 0.103 e. The lowest BCUT2D eigenvalue weighted by Crippen LogP contribution is -1.97. The van der Waals surface area contributed by atoms with Crippen molar-refractivity contribution in [2.24, 2.45) is 0 Å². The minimum absolute atomic E-state index is 0.00502. The fraction of sp³-hybridized carbons (Fsp3) is 0.333. The average Bonchev–Trinajstić information content (AvgIpc) is 2.52. The molecule has 0 saturated carbocycles. The summed E-state index contributed by atoms with van der Waals surface area (Å²) in [4.78, 5) is 0. The normalized spacial score (nSPS) is 10.9. The van der Waals surface area contributed by atoms with Crippen LogP contribution in [-0.4, -0.2) is 6.16 Å². The van der Waals surface area contributed by atoms with Crippen molar-refractivity contribution >= 4 is 7.92 Å². The van der Waals surface area contributed by atoms with E-state index in [1.54, 1.807) is 0 Å². The van der Waals surface area contributed by atoms with Crippen molar-refractivity contribution in [3.8, 4) is 0 Å². The van der Waals surface area contributed by atoms with Gasteiger partial charge in [0.15, 0.2) is 0 Å². The summed E-state index contributed by atoms with van der Waals surface area (Å²) in [6, 6.07) is 17.7. The summed E-state index contributed by atoms with van der Waals surface area (Å²) in [6.45, 7) is 8.33. The highest BCUT2D eigenvalue weighted by Gasteiger charge is 2.12. The Bertz CT molecular complexity index is 553. The zero-order valence-corrected chi connectivity index (χ0v) is 14.8. The topological polar surface area (TPSA) is 0 Å². The van der Waals surface area contributed by atoms with Crippen molar-refractivity contribution < 1.29 is 0 Å². The van der Waals surface area contributed by atoms with Gasteiger partial charge < -0.3 is 0 Å². The second-order valence-electron chi connectivity index (χ2n) is 5.99. The van der Waals surface area contributed by atoms with Gasteiger partial charge in [-0.1, -0.05) is 62.5 Å². The Morgan fingerprint density at radius 3 is 1.82 bits per heavy atom. The molecule has 0 spiro atoms. The summed E-state index contributed by atoms with van der Waals surface area (Å²) in [5.74, 6) is 0. The maximum atomic E-state index is 3.86. The maximum Gasteiger partial charge on any atom is -0.00675 e. The lowest BCUT2D eigenvalue weighted by atomic mass is 10.1. The predicted molar refractivity (Wildman–Crippen MR) is 101 cm³/mol. The van der Waals surface area contributed by atoms with Crippen LogP contribution in [0.4, 0.5) is 0 Å². The molecule has 0 radical (unpaired) electrons. The highest BCUT2D eigenvalue weighted by Crippen LogP contribution is 2.45. The fourth-order valence-corrected chi connectivity index (χ4v) is 5.46. The van der Waals surface area contributed by atoms with Gasteiger partial charge in [-0.05, 0) is 67.4 Å². The third kappa shape index (κ3) is 5.11. The van der Waals surface area contributed by atoms with Gasteiger partial charge in [0, 0.05) is 0 Å². The van der Waals surface area contributed by atoms with Crippen LogP contribution in [0.3, 0.4) is 0 Å². The SMILES string of the molecule is C=CCCCP(Cc1ccccc1C)Cc1ccccc1C. The van der Waals surface area contributed by atoms with Crippen LogP contribution in [0.15, 0.2) is 61.2 Å². The standard InChI is InChI=1S/C21H27P/c1-4-5-10-15-22(16-20-13-8-6-11-18(20)2)17-21-14-9-7-12-19(21)3/h4,6-9,11-14H,1,5,10,15-17H2,2-3H3. The lowest BCUT2D eigenvalue weighted by Gasteiger charge is -2.20. The summed E-state index contributed by atoms with van der Waals surface area (Å²) in [7, 11) is -0.00502. The molecule has 2 aromatic rings. The molecular formula is C21H27P. The molecular weight excluding hydrogens is 283 g/mol. The molecule has 0 atom stereocenters. The first-order valence-corrected chi connectivity index (χ1v) is 10.0. The van der Waals surface area contributed by atoms with Crippen molar-refractivity contribution in [2.75, 3.05) is 6.16 Å². The van der Waals surface area contributed by atoms with Crippen LogP contribution in [0.5, 0.6) is 0 Å². The number of hydrogen-bond donors (Lipinski definition) is 0. The molecule has 1 heteroatoms. The molecule has 0 N–H and O–H groups in total. The van der Waals surface area contributed by atoms with Crippen LogP contribution < -0.4 is 0 Å². The van der Waals surface area contributed by atoms with Gasteiger partial charge in [0.1, 0.15) is 0 Å². The first kappa shape index (κ1) is 17.0. The van der Waals surface area contributed by atoms with Gasteiger partial charge in [-0.15, -0.1) is 6.58 Å². The van der Waals surface area contributed by atoms with Gasteiger partial charge in [-0.2, -0.15) is 0 Å². The Balaban J connectivity index is 2.10. The van der Waals surface area contributed by atoms with Gasteiger partial charge in [0.05, 0.1) is 0 Å². The van der Waals surface area contributed by atoms with E-state index in [2.05, 4.69) is 75.0 Å². The predicted octanol–water partition coefficient (Wildman–Crippen LogP) is 6.45. The Hall–Kier alpha value is -1.39. The van der Waals surface area contributed by atoms with Crippen molar-refractivity contribution in [3.63, 3.8) is 0 Å². The minimum Gasteiger partial charge on any atom is -0.103 e. The number of hydrogen-bond acceptors (Lipinski definition) is 0. The molecule has 0 nitrogen and oxygen atoms in total. The first-order chi connectivity index (χ1) is 10.7. The summed E-state index contributed by atoms with van der Waals surface area (Å²) in [5.41, 5.74) is 5.92. The van der Waals surface area contributed by atoms with Crippen LogP contribution in [0, 0.1) is 13.8 Å². The molecule has 2 aromatic carbocycles. The Morgan fingerprint density at radius 1 is 0.864 bits per heavy atom. The van der Waals surface area contributed by atoms with Gasteiger partial charge >= 0.3 is 0 Å². The summed E-state index contributed by atoms with van der Waals surface area (Å²) >= 11 is 0. The van der Waals surface area contributed by atoms with E-state index < -0.39 is 0 Å². The lowest BCUT2D eigenvalue weighted by molar-refractivity contribution is 0.960. The molecule has 0 saturated heterocycles. The Morgan fingerprint density at radius 2 is 1.36 bits per heavy atom. The molecule has 0 heterocycles. The van der Waals surface area contributed by atoms with Gasteiger partial charge in [0.2, 0.25) is 0 Å². The quantitative estimate of drug-likeness (QED) is 0.298. The summed E-state index contributed by atoms with van der Waals surface area (Å²) in [5, 5.41) is 0. The van der Waals surface area contributed by atoms with E-state index >= 15 is 0 Å². The zero-order valence-electron chi connectivity index (χ0n) is 13.9. The highest BCUT2D eigenvalue weighted by molar-refractivity contribution is 7.56. The smallest absolute Gasteiger partial charge is 0.00675 e. The van der Waals surface area contributed by atoms with Crippen LogP contribution >= 0.6 is 7.92 Å². The molecule has 0 aliphatic rings. The van der Waals surface area contributed by atoms with E-state index in [1.165, 1.54) is 47.2 Å². The maximum absolute atomic E-state index is 3.86. The van der Waals surface area contributed by atoms with E-state index in [-0.39, 0.29) is 7.92 Å². The molecule has 0 amide bonds. The van der Waals surface area contributed by atoms with E-state index in [4.69, 9.17) is 0 Å². The molecule has 0 aliphatic carbocycles. The third-order valence-corrected chi connectivity index (χ3v) is 6.72. The minimum atomic E-state index is -0.00502. The van der Waals surface area contributed by atoms with Crippen LogP contribution in [0.2, 0.25) is 0 Å². The molecule has 0 bridgehead atoms. The number of rotatable bonds is 8. The van der Waals surface area contributed by atoms with Crippen LogP contribution in [0.1, 0.15) is 35.1 Å². The fourth-order valence-electron chi connectivity index (χ4n) is 2.73. The van der Waals surface area contributed by atoms with Crippen LogP contribution in [0.25, 0.3) is 0 Å². The number of benzene rings is 2. The third-order valence-electron chi connectivity index (χ3n) is 4.19. The second-order valence-corrected chi connectivity index (χ2v) is 8.42. The molecule has 0 fully saturated rings. The molecule has 0 unspecified atom stereocenters. The number of allylic oxidation sites excluding steroid dienone is 1. The second kappa shape index (κ2) is 8.91. The van der Waals surface area contributed by atoms with E-state index in [1.807, 2.05) is 0 Å². The first-order valence-electron chi connectivity index (χ1n) is 8.13. The summed E-state index contributed by atoms with van der Waals surface area (Å²) < 4.78 is 0. The average molecular weight is 310 g/mol. The molecule has 116 valence electrons. The molecule has 22 heavy (non-hydrogen) atoms. The van der Waals surface area contributed by atoms with Crippen molar-refractivity contribution in [1.82, 2.24) is 0 Å². The summed E-state index contributed by atoms with van der Waals surface area (Å²) in [6.07, 6.45) is 8.29. The van der Waals surface area contributed by atoms with Gasteiger partial charge in [-0.3, -0.25) is 0 Å². The van der Waals surface area contributed by atoms with E-state index in [9.17, 15) is 0 Å². The zero-order chi connectivity index (χ0) is 15.8. The molecule has 0 aromatic heterocycles. The van der Waals surface area contributed by atoms with Crippen LogP contribution in [-0.2, 0) is 12.3 Å².